The molecular weight excluding hydrogens is 472 g/mol. The highest BCUT2D eigenvalue weighted by Gasteiger charge is 2.42. The van der Waals surface area contributed by atoms with Gasteiger partial charge >= 0.3 is 5.97 Å². The Kier molecular flexibility index (Phi) is 14.0. The maximum atomic E-state index is 13.5. The maximum absolute atomic E-state index is 13.5. The number of Topliss-reactive ketones (excluding diaryl/α,β-unsaturated/α-hetero) is 2. The molecule has 0 fully saturated rings. The van der Waals surface area contributed by atoms with E-state index in [-0.39, 0.29) is 35.2 Å². The number of esters is 1. The van der Waals surface area contributed by atoms with Crippen LogP contribution in [-0.4, -0.2) is 24.1 Å². The molecule has 1 aliphatic carbocycles. The molecule has 2 rings (SSSR count). The molecule has 1 aliphatic rings. The molecule has 0 aromatic heterocycles. The van der Waals surface area contributed by atoms with Gasteiger partial charge in [-0.05, 0) is 30.1 Å². The molecule has 1 aromatic carbocycles. The first-order chi connectivity index (χ1) is 18.2. The zero-order chi connectivity index (χ0) is 28.0. The van der Waals surface area contributed by atoms with Gasteiger partial charge in [-0.25, -0.2) is 0 Å². The van der Waals surface area contributed by atoms with E-state index in [2.05, 4.69) is 39.8 Å². The third-order valence-corrected chi connectivity index (χ3v) is 8.23. The minimum Gasteiger partial charge on any atom is -0.465 e. The Bertz CT molecular complexity index is 885. The van der Waals surface area contributed by atoms with Crippen molar-refractivity contribution in [2.24, 2.45) is 29.1 Å². The summed E-state index contributed by atoms with van der Waals surface area (Å²) in [6.45, 7) is 10.8. The summed E-state index contributed by atoms with van der Waals surface area (Å²) in [5.74, 6) is -1.99. The third-order valence-electron chi connectivity index (χ3n) is 8.23. The highest BCUT2D eigenvalue weighted by molar-refractivity contribution is 6.09. The Balaban J connectivity index is 1.93. The van der Waals surface area contributed by atoms with E-state index in [1.54, 1.807) is 24.3 Å². The maximum Gasteiger partial charge on any atom is 0.317 e. The molecule has 4 nitrogen and oxygen atoms in total. The molecule has 0 spiro atoms. The molecule has 0 saturated heterocycles. The van der Waals surface area contributed by atoms with E-state index >= 15 is 0 Å². The molecule has 0 aliphatic heterocycles. The first kappa shape index (κ1) is 32.0. The number of hydrogen-bond donors (Lipinski definition) is 0. The second-order valence-electron chi connectivity index (χ2n) is 12.2. The van der Waals surface area contributed by atoms with E-state index in [0.717, 1.165) is 25.7 Å². The molecule has 38 heavy (non-hydrogen) atoms. The lowest BCUT2D eigenvalue weighted by Gasteiger charge is -2.39. The zero-order valence-electron chi connectivity index (χ0n) is 24.7. The summed E-state index contributed by atoms with van der Waals surface area (Å²) < 4.78 is 5.65. The summed E-state index contributed by atoms with van der Waals surface area (Å²) in [6.07, 6.45) is 17.4. The molecule has 212 valence electrons. The molecular formula is C34H52O4. The van der Waals surface area contributed by atoms with Crippen molar-refractivity contribution < 1.29 is 19.1 Å². The number of allylic oxidation sites excluding steroid dienone is 2. The average Bonchev–Trinajstić information content (AvgIpc) is 2.87. The van der Waals surface area contributed by atoms with Crippen LogP contribution in [0.4, 0.5) is 0 Å². The Morgan fingerprint density at radius 2 is 1.50 bits per heavy atom. The van der Waals surface area contributed by atoms with Gasteiger partial charge in [-0.1, -0.05) is 135 Å². The van der Waals surface area contributed by atoms with Crippen LogP contribution >= 0.6 is 0 Å². The fourth-order valence-corrected chi connectivity index (χ4v) is 6.06. The Morgan fingerprint density at radius 3 is 2.08 bits per heavy atom. The molecule has 0 radical (unpaired) electrons. The molecule has 0 amide bonds. The number of carbonyl (C=O) groups excluding carboxylic acids is 3. The van der Waals surface area contributed by atoms with Crippen molar-refractivity contribution in [1.82, 2.24) is 0 Å². The topological polar surface area (TPSA) is 60.4 Å². The summed E-state index contributed by atoms with van der Waals surface area (Å²) in [7, 11) is 0. The second kappa shape index (κ2) is 16.7. The van der Waals surface area contributed by atoms with Gasteiger partial charge < -0.3 is 4.74 Å². The lowest BCUT2D eigenvalue weighted by atomic mass is 9.64. The van der Waals surface area contributed by atoms with Crippen molar-refractivity contribution in [2.75, 3.05) is 6.61 Å². The number of carbonyl (C=O) groups is 3. The van der Waals surface area contributed by atoms with Crippen LogP contribution in [0, 0.1) is 29.1 Å². The summed E-state index contributed by atoms with van der Waals surface area (Å²) >= 11 is 0. The molecule has 0 saturated carbocycles. The van der Waals surface area contributed by atoms with E-state index in [4.69, 9.17) is 4.74 Å². The Labute approximate surface area is 232 Å². The SMILES string of the molecule is CCCCCCCCCCCCOC(=O)C(C(=O)c1ccccc1)C(C)CC(=O)C1C(C)C=CCC1(C)C. The Morgan fingerprint density at radius 1 is 0.921 bits per heavy atom. The monoisotopic (exact) mass is 524 g/mol. The van der Waals surface area contributed by atoms with Crippen LogP contribution in [0.25, 0.3) is 0 Å². The highest BCUT2D eigenvalue weighted by atomic mass is 16.5. The smallest absolute Gasteiger partial charge is 0.317 e. The van der Waals surface area contributed by atoms with Crippen LogP contribution in [0.3, 0.4) is 0 Å². The normalized spacial score (nSPS) is 20.0. The van der Waals surface area contributed by atoms with Crippen LogP contribution in [0.2, 0.25) is 0 Å². The van der Waals surface area contributed by atoms with E-state index in [9.17, 15) is 14.4 Å². The second-order valence-corrected chi connectivity index (χ2v) is 12.2. The number of benzene rings is 1. The van der Waals surface area contributed by atoms with E-state index in [0.29, 0.717) is 12.2 Å². The number of hydrogen-bond acceptors (Lipinski definition) is 4. The fraction of sp³-hybridized carbons (Fsp3) is 0.676. The third kappa shape index (κ3) is 10.2. The van der Waals surface area contributed by atoms with Gasteiger partial charge in [0.25, 0.3) is 0 Å². The summed E-state index contributed by atoms with van der Waals surface area (Å²) in [4.78, 5) is 40.2. The molecule has 0 bridgehead atoms. The van der Waals surface area contributed by atoms with E-state index < -0.39 is 17.8 Å². The number of unbranched alkanes of at least 4 members (excludes halogenated alkanes) is 9. The van der Waals surface area contributed by atoms with Crippen LogP contribution < -0.4 is 0 Å². The molecule has 4 heteroatoms. The quantitative estimate of drug-likeness (QED) is 0.0633. The standard InChI is InChI=1S/C34H52O4/c1-6-7-8-9-10-11-12-13-14-18-24-38-33(37)30(32(36)28-21-16-15-17-22-28)27(3)25-29(35)31-26(2)20-19-23-34(31,4)5/h15-17,19-22,26-27,30-31H,6-14,18,23-25H2,1-5H3. The Hall–Kier alpha value is -2.23. The van der Waals surface area contributed by atoms with Gasteiger partial charge in [0.05, 0.1) is 6.61 Å². The summed E-state index contributed by atoms with van der Waals surface area (Å²) in [6, 6.07) is 8.91. The summed E-state index contributed by atoms with van der Waals surface area (Å²) in [5.41, 5.74) is 0.349. The minimum atomic E-state index is -0.970. The average molecular weight is 525 g/mol. The largest absolute Gasteiger partial charge is 0.465 e. The van der Waals surface area contributed by atoms with Crippen molar-refractivity contribution in [3.05, 3.63) is 48.0 Å². The minimum absolute atomic E-state index is 0.120. The lowest BCUT2D eigenvalue weighted by molar-refractivity contribution is -0.148. The zero-order valence-corrected chi connectivity index (χ0v) is 24.7. The molecule has 1 aromatic rings. The van der Waals surface area contributed by atoms with Crippen molar-refractivity contribution in [3.63, 3.8) is 0 Å². The van der Waals surface area contributed by atoms with Crippen LogP contribution in [-0.2, 0) is 14.3 Å². The first-order valence-corrected chi connectivity index (χ1v) is 15.1. The van der Waals surface area contributed by atoms with Gasteiger partial charge in [0.1, 0.15) is 11.7 Å². The van der Waals surface area contributed by atoms with Crippen molar-refractivity contribution >= 4 is 17.5 Å². The lowest BCUT2D eigenvalue weighted by Crippen LogP contribution is -2.40. The molecule has 4 atom stereocenters. The molecule has 0 heterocycles. The van der Waals surface area contributed by atoms with E-state index in [1.165, 1.54) is 44.9 Å². The van der Waals surface area contributed by atoms with Crippen LogP contribution in [0.1, 0.15) is 122 Å². The van der Waals surface area contributed by atoms with Gasteiger partial charge in [0.2, 0.25) is 0 Å². The van der Waals surface area contributed by atoms with Crippen LogP contribution in [0.15, 0.2) is 42.5 Å². The number of rotatable bonds is 18. The fourth-order valence-electron chi connectivity index (χ4n) is 6.06. The van der Waals surface area contributed by atoms with Crippen molar-refractivity contribution in [3.8, 4) is 0 Å². The molecule has 4 unspecified atom stereocenters. The van der Waals surface area contributed by atoms with Crippen molar-refractivity contribution in [1.29, 1.82) is 0 Å². The van der Waals surface area contributed by atoms with E-state index in [1.807, 2.05) is 13.0 Å². The number of ether oxygens (including phenoxy) is 1. The predicted octanol–water partition coefficient (Wildman–Crippen LogP) is 8.78. The highest BCUT2D eigenvalue weighted by Crippen LogP contribution is 2.42. The van der Waals surface area contributed by atoms with Gasteiger partial charge in [0.15, 0.2) is 5.78 Å². The van der Waals surface area contributed by atoms with Crippen molar-refractivity contribution in [2.45, 2.75) is 112 Å². The molecule has 0 N–H and O–H groups in total. The van der Waals surface area contributed by atoms with Gasteiger partial charge in [-0.15, -0.1) is 0 Å². The number of ketones is 2. The first-order valence-electron chi connectivity index (χ1n) is 15.1. The van der Waals surface area contributed by atoms with Gasteiger partial charge in [-0.2, -0.15) is 0 Å². The summed E-state index contributed by atoms with van der Waals surface area (Å²) in [5, 5.41) is 0. The van der Waals surface area contributed by atoms with Crippen LogP contribution in [0.5, 0.6) is 0 Å². The van der Waals surface area contributed by atoms with Gasteiger partial charge in [-0.3, -0.25) is 14.4 Å². The predicted molar refractivity (Wildman–Crippen MR) is 156 cm³/mol. The van der Waals surface area contributed by atoms with Gasteiger partial charge in [0, 0.05) is 17.9 Å².